The van der Waals surface area contributed by atoms with E-state index in [4.69, 9.17) is 0 Å². The highest BCUT2D eigenvalue weighted by Crippen LogP contribution is 2.26. The van der Waals surface area contributed by atoms with Crippen LogP contribution in [0, 0.1) is 5.92 Å². The van der Waals surface area contributed by atoms with Gasteiger partial charge in [0, 0.05) is 58.4 Å². The number of rotatable bonds is 2. The van der Waals surface area contributed by atoms with Crippen molar-refractivity contribution in [1.82, 2.24) is 19.6 Å². The second kappa shape index (κ2) is 6.30. The lowest BCUT2D eigenvalue weighted by molar-refractivity contribution is -0.143. The Morgan fingerprint density at radius 2 is 1.39 bits per heavy atom. The van der Waals surface area contributed by atoms with Crippen LogP contribution in [-0.4, -0.2) is 89.9 Å². The summed E-state index contributed by atoms with van der Waals surface area (Å²) in [7, 11) is 0. The third-order valence-electron chi connectivity index (χ3n) is 6.06. The summed E-state index contributed by atoms with van der Waals surface area (Å²) >= 11 is 0. The summed E-state index contributed by atoms with van der Waals surface area (Å²) in [5.74, 6) is 0.310. The lowest BCUT2D eigenvalue weighted by Crippen LogP contribution is -2.61. The van der Waals surface area contributed by atoms with Gasteiger partial charge in [0.15, 0.2) is 0 Å². The van der Waals surface area contributed by atoms with Gasteiger partial charge in [0.25, 0.3) is 0 Å². The number of nitrogens with zero attached hydrogens (tertiary/aromatic N) is 4. The summed E-state index contributed by atoms with van der Waals surface area (Å²) in [4.78, 5) is 33.1. The van der Waals surface area contributed by atoms with Crippen molar-refractivity contribution >= 4 is 11.9 Å². The summed E-state index contributed by atoms with van der Waals surface area (Å²) in [5.41, 5.74) is 0. The van der Waals surface area contributed by atoms with Crippen LogP contribution < -0.4 is 0 Å². The van der Waals surface area contributed by atoms with Gasteiger partial charge in [0.1, 0.15) is 0 Å². The largest absolute Gasteiger partial charge is 0.342 e. The van der Waals surface area contributed by atoms with Gasteiger partial charge in [-0.25, -0.2) is 4.79 Å². The van der Waals surface area contributed by atoms with Crippen LogP contribution in [0.4, 0.5) is 4.79 Å². The van der Waals surface area contributed by atoms with E-state index in [1.165, 1.54) is 19.3 Å². The van der Waals surface area contributed by atoms with Crippen LogP contribution in [0.2, 0.25) is 0 Å². The Labute approximate surface area is 138 Å². The molecule has 0 bridgehead atoms. The second-order valence-electron chi connectivity index (χ2n) is 7.52. The van der Waals surface area contributed by atoms with Crippen LogP contribution in [-0.2, 0) is 4.79 Å². The van der Waals surface area contributed by atoms with Gasteiger partial charge in [-0.3, -0.25) is 9.69 Å². The minimum absolute atomic E-state index is 0.0534. The van der Waals surface area contributed by atoms with Gasteiger partial charge in [0.05, 0.1) is 5.92 Å². The van der Waals surface area contributed by atoms with Crippen molar-refractivity contribution in [2.45, 2.75) is 38.1 Å². The Bertz CT molecular complexity index is 469. The number of hydrogen-bond acceptors (Lipinski definition) is 3. The normalized spacial score (nSPS) is 27.0. The molecule has 4 rings (SSSR count). The SMILES string of the molecule is O=C(C1CN(C(=O)N2CCCN(C3CCC3)CC2)C1)N1CCC1. The van der Waals surface area contributed by atoms with Gasteiger partial charge >= 0.3 is 6.03 Å². The van der Waals surface area contributed by atoms with Crippen LogP contribution in [0.1, 0.15) is 32.1 Å². The van der Waals surface area contributed by atoms with Crippen molar-refractivity contribution in [2.75, 3.05) is 52.4 Å². The maximum absolute atomic E-state index is 12.6. The summed E-state index contributed by atoms with van der Waals surface area (Å²) in [6.07, 6.45) is 6.24. The van der Waals surface area contributed by atoms with Crippen LogP contribution in [0.3, 0.4) is 0 Å². The number of carbonyl (C=O) groups is 2. The first kappa shape index (κ1) is 15.2. The van der Waals surface area contributed by atoms with E-state index in [2.05, 4.69) is 4.90 Å². The fourth-order valence-electron chi connectivity index (χ4n) is 4.03. The number of amides is 3. The van der Waals surface area contributed by atoms with Gasteiger partial charge < -0.3 is 14.7 Å². The van der Waals surface area contributed by atoms with Crippen molar-refractivity contribution in [3.63, 3.8) is 0 Å². The molecule has 3 aliphatic heterocycles. The molecule has 6 nitrogen and oxygen atoms in total. The molecule has 6 heteroatoms. The summed E-state index contributed by atoms with van der Waals surface area (Å²) < 4.78 is 0. The Hall–Kier alpha value is -1.30. The molecule has 4 fully saturated rings. The van der Waals surface area contributed by atoms with Gasteiger partial charge in [-0.15, -0.1) is 0 Å². The summed E-state index contributed by atoms with van der Waals surface area (Å²) in [5, 5.41) is 0. The van der Waals surface area contributed by atoms with E-state index < -0.39 is 0 Å². The van der Waals surface area contributed by atoms with E-state index >= 15 is 0 Å². The van der Waals surface area contributed by atoms with E-state index in [1.807, 2.05) is 14.7 Å². The highest BCUT2D eigenvalue weighted by Gasteiger charge is 2.40. The predicted octanol–water partition coefficient (Wildman–Crippen LogP) is 0.831. The van der Waals surface area contributed by atoms with Gasteiger partial charge in [-0.05, 0) is 25.7 Å². The molecule has 0 aromatic rings. The minimum atomic E-state index is 0.0534. The van der Waals surface area contributed by atoms with Crippen molar-refractivity contribution in [3.05, 3.63) is 0 Å². The van der Waals surface area contributed by atoms with Gasteiger partial charge in [-0.2, -0.15) is 0 Å². The van der Waals surface area contributed by atoms with Crippen LogP contribution in [0.25, 0.3) is 0 Å². The van der Waals surface area contributed by atoms with Crippen molar-refractivity contribution < 1.29 is 9.59 Å². The zero-order valence-electron chi connectivity index (χ0n) is 14.0. The fourth-order valence-corrected chi connectivity index (χ4v) is 4.03. The molecular weight excluding hydrogens is 292 g/mol. The molecule has 3 amide bonds. The molecule has 23 heavy (non-hydrogen) atoms. The number of hydrogen-bond donors (Lipinski definition) is 0. The van der Waals surface area contributed by atoms with E-state index in [-0.39, 0.29) is 17.9 Å². The molecule has 3 saturated heterocycles. The van der Waals surface area contributed by atoms with E-state index in [0.29, 0.717) is 13.1 Å². The zero-order chi connectivity index (χ0) is 15.8. The van der Waals surface area contributed by atoms with E-state index in [1.54, 1.807) is 0 Å². The average molecular weight is 320 g/mol. The lowest BCUT2D eigenvalue weighted by atomic mass is 9.91. The van der Waals surface area contributed by atoms with Gasteiger partial charge in [0.2, 0.25) is 5.91 Å². The van der Waals surface area contributed by atoms with Crippen molar-refractivity contribution in [1.29, 1.82) is 0 Å². The number of likely N-dealkylation sites (tertiary alicyclic amines) is 2. The molecule has 0 aromatic heterocycles. The van der Waals surface area contributed by atoms with E-state index in [9.17, 15) is 9.59 Å². The highest BCUT2D eigenvalue weighted by molar-refractivity contribution is 5.84. The monoisotopic (exact) mass is 320 g/mol. The molecule has 1 saturated carbocycles. The Kier molecular flexibility index (Phi) is 4.18. The first-order chi connectivity index (χ1) is 11.2. The second-order valence-corrected chi connectivity index (χ2v) is 7.52. The van der Waals surface area contributed by atoms with E-state index in [0.717, 1.165) is 58.2 Å². The Morgan fingerprint density at radius 1 is 0.696 bits per heavy atom. The first-order valence-corrected chi connectivity index (χ1v) is 9.29. The van der Waals surface area contributed by atoms with Crippen molar-refractivity contribution in [3.8, 4) is 0 Å². The molecule has 0 unspecified atom stereocenters. The third kappa shape index (κ3) is 2.93. The summed E-state index contributed by atoms with van der Waals surface area (Å²) in [6.45, 7) is 6.91. The zero-order valence-corrected chi connectivity index (χ0v) is 14.0. The molecule has 3 heterocycles. The minimum Gasteiger partial charge on any atom is -0.342 e. The molecule has 1 aliphatic carbocycles. The van der Waals surface area contributed by atoms with Gasteiger partial charge in [-0.1, -0.05) is 6.42 Å². The fraction of sp³-hybridized carbons (Fsp3) is 0.882. The molecule has 0 aromatic carbocycles. The first-order valence-electron chi connectivity index (χ1n) is 9.29. The highest BCUT2D eigenvalue weighted by atomic mass is 16.2. The predicted molar refractivity (Wildman–Crippen MR) is 87.1 cm³/mol. The average Bonchev–Trinajstić information content (AvgIpc) is 2.58. The molecular formula is C17H28N4O2. The molecule has 0 atom stereocenters. The number of urea groups is 1. The number of carbonyl (C=O) groups excluding carboxylic acids is 2. The van der Waals surface area contributed by atoms with Crippen LogP contribution in [0.15, 0.2) is 0 Å². The Balaban J connectivity index is 1.24. The molecule has 0 N–H and O–H groups in total. The van der Waals surface area contributed by atoms with Crippen molar-refractivity contribution in [2.24, 2.45) is 5.92 Å². The van der Waals surface area contributed by atoms with Crippen LogP contribution >= 0.6 is 0 Å². The quantitative estimate of drug-likeness (QED) is 0.757. The molecule has 4 aliphatic rings. The maximum atomic E-state index is 12.6. The molecule has 128 valence electrons. The third-order valence-corrected chi connectivity index (χ3v) is 6.06. The molecule has 0 spiro atoms. The molecule has 0 radical (unpaired) electrons. The lowest BCUT2D eigenvalue weighted by Gasteiger charge is -2.44. The standard InChI is InChI=1S/C17H28N4O2/c22-16(19-7-3-8-19)14-12-21(13-14)17(23)20-9-2-6-18(10-11-20)15-4-1-5-15/h14-15H,1-13H2. The smallest absolute Gasteiger partial charge is 0.320 e. The summed E-state index contributed by atoms with van der Waals surface area (Å²) in [6, 6.07) is 0.917. The van der Waals surface area contributed by atoms with Crippen LogP contribution in [0.5, 0.6) is 0 Å². The maximum Gasteiger partial charge on any atom is 0.320 e. The topological polar surface area (TPSA) is 47.1 Å². The Morgan fingerprint density at radius 3 is 2.00 bits per heavy atom.